The minimum atomic E-state index is -4.84. The molecular formula is C23H15ClF8N10O2. The van der Waals surface area contributed by atoms with E-state index < -0.39 is 54.1 Å². The maximum absolute atomic E-state index is 15.3. The van der Waals surface area contributed by atoms with Crippen LogP contribution in [0.2, 0.25) is 5.02 Å². The van der Waals surface area contributed by atoms with Crippen LogP contribution in [0.15, 0.2) is 49.1 Å². The minimum Gasteiger partial charge on any atom is -0.618 e. The molecule has 0 saturated carbocycles. The van der Waals surface area contributed by atoms with Crippen molar-refractivity contribution >= 4 is 11.6 Å². The second-order valence-corrected chi connectivity index (χ2v) is 9.24. The van der Waals surface area contributed by atoms with Gasteiger partial charge in [-0.3, -0.25) is 0 Å². The molecular weight excluding hydrogens is 636 g/mol. The van der Waals surface area contributed by atoms with Gasteiger partial charge in [0.2, 0.25) is 5.69 Å². The van der Waals surface area contributed by atoms with Crippen LogP contribution in [0.3, 0.4) is 0 Å². The Kier molecular flexibility index (Phi) is 8.46. The molecule has 5 aromatic rings. The van der Waals surface area contributed by atoms with E-state index in [1.807, 2.05) is 0 Å². The first-order valence-corrected chi connectivity index (χ1v) is 12.4. The van der Waals surface area contributed by atoms with Crippen LogP contribution in [0.1, 0.15) is 30.4 Å². The highest BCUT2D eigenvalue weighted by molar-refractivity contribution is 6.31. The van der Waals surface area contributed by atoms with Crippen LogP contribution >= 0.6 is 11.6 Å². The number of nitrogens with zero attached hydrogens (tertiary/aromatic N) is 10. The fourth-order valence-electron chi connectivity index (χ4n) is 4.22. The molecule has 0 saturated heterocycles. The number of benzene rings is 1. The number of ether oxygens (including phenoxy) is 1. The van der Waals surface area contributed by atoms with Gasteiger partial charge in [-0.1, -0.05) is 27.2 Å². The van der Waals surface area contributed by atoms with Crippen LogP contribution in [-0.2, 0) is 10.9 Å². The maximum atomic E-state index is 15.3. The van der Waals surface area contributed by atoms with E-state index in [-0.39, 0.29) is 44.2 Å². The minimum absolute atomic E-state index is 0.138. The summed E-state index contributed by atoms with van der Waals surface area (Å²) in [6.07, 6.45) is -1.62. The lowest BCUT2D eigenvalue weighted by Gasteiger charge is -2.18. The van der Waals surface area contributed by atoms with Crippen molar-refractivity contribution in [2.24, 2.45) is 0 Å². The lowest BCUT2D eigenvalue weighted by atomic mass is 10.0. The normalized spacial score (nSPS) is 12.9. The summed E-state index contributed by atoms with van der Waals surface area (Å²) in [4.78, 5) is 0. The molecule has 0 aliphatic heterocycles. The molecule has 1 aromatic carbocycles. The van der Waals surface area contributed by atoms with Gasteiger partial charge in [-0.05, 0) is 18.2 Å². The van der Waals surface area contributed by atoms with Gasteiger partial charge < -0.3 is 9.94 Å². The summed E-state index contributed by atoms with van der Waals surface area (Å²) in [5, 5.41) is 33.6. The third-order valence-electron chi connectivity index (χ3n) is 6.16. The quantitative estimate of drug-likeness (QED) is 0.119. The summed E-state index contributed by atoms with van der Waals surface area (Å²) in [6, 6.07) is 3.46. The van der Waals surface area contributed by atoms with Crippen LogP contribution in [-0.4, -0.2) is 58.2 Å². The zero-order valence-corrected chi connectivity index (χ0v) is 22.2. The molecule has 1 atom stereocenters. The average Bonchev–Trinajstić information content (AvgIpc) is 3.73. The first-order chi connectivity index (χ1) is 20.8. The van der Waals surface area contributed by atoms with E-state index >= 15 is 4.39 Å². The molecule has 0 spiro atoms. The second kappa shape index (κ2) is 12.1. The molecule has 0 amide bonds. The zero-order chi connectivity index (χ0) is 31.8. The van der Waals surface area contributed by atoms with Gasteiger partial charge in [-0.2, -0.15) is 40.1 Å². The smallest absolute Gasteiger partial charge is 0.436 e. The number of rotatable bonds is 10. The van der Waals surface area contributed by atoms with Crippen molar-refractivity contribution in [3.05, 3.63) is 76.5 Å². The largest absolute Gasteiger partial charge is 0.618 e. The van der Waals surface area contributed by atoms with Gasteiger partial charge in [0, 0.05) is 12.5 Å². The molecule has 44 heavy (non-hydrogen) atoms. The fourth-order valence-corrected chi connectivity index (χ4v) is 4.38. The summed E-state index contributed by atoms with van der Waals surface area (Å²) in [6.45, 7) is -6.80. The van der Waals surface area contributed by atoms with Gasteiger partial charge in [0.1, 0.15) is 17.4 Å². The van der Waals surface area contributed by atoms with E-state index in [2.05, 4.69) is 35.7 Å². The molecule has 4 aromatic heterocycles. The van der Waals surface area contributed by atoms with Crippen molar-refractivity contribution in [2.75, 3.05) is 6.61 Å². The molecule has 0 aliphatic rings. The Hall–Kier alpha value is -4.72. The van der Waals surface area contributed by atoms with Gasteiger partial charge >= 0.3 is 19.3 Å². The summed E-state index contributed by atoms with van der Waals surface area (Å²) in [5.74, 6) is -1.09. The van der Waals surface area contributed by atoms with E-state index in [9.17, 15) is 35.9 Å². The van der Waals surface area contributed by atoms with Gasteiger partial charge in [0.05, 0.1) is 47.0 Å². The highest BCUT2D eigenvalue weighted by Gasteiger charge is 2.35. The van der Waals surface area contributed by atoms with E-state index in [0.29, 0.717) is 10.9 Å². The average molecular weight is 651 g/mol. The van der Waals surface area contributed by atoms with Crippen molar-refractivity contribution < 1.29 is 44.6 Å². The fraction of sp³-hybridized carbons (Fsp3) is 0.261. The topological polar surface area (TPSA) is 128 Å². The lowest BCUT2D eigenvalue weighted by molar-refractivity contribution is -0.615. The van der Waals surface area contributed by atoms with Crippen LogP contribution < -0.4 is 4.73 Å². The number of pyridine rings is 1. The third-order valence-corrected chi connectivity index (χ3v) is 6.46. The van der Waals surface area contributed by atoms with E-state index in [1.54, 1.807) is 0 Å². The highest BCUT2D eigenvalue weighted by atomic mass is 35.5. The molecule has 5 rings (SSSR count). The summed E-state index contributed by atoms with van der Waals surface area (Å²) in [7, 11) is 0. The Labute approximate surface area is 244 Å². The van der Waals surface area contributed by atoms with Crippen LogP contribution in [0.4, 0.5) is 35.1 Å². The van der Waals surface area contributed by atoms with Gasteiger partial charge in [-0.15, -0.1) is 15.3 Å². The first-order valence-electron chi connectivity index (χ1n) is 12.1. The molecule has 0 N–H and O–H groups in total. The van der Waals surface area contributed by atoms with E-state index in [4.69, 9.17) is 11.6 Å². The van der Waals surface area contributed by atoms with E-state index in [0.717, 1.165) is 29.3 Å². The number of aromatic nitrogens is 10. The molecule has 12 nitrogen and oxygen atoms in total. The number of hydrogen-bond donors (Lipinski definition) is 0. The predicted octanol–water partition coefficient (Wildman–Crippen LogP) is 4.84. The van der Waals surface area contributed by atoms with Crippen LogP contribution in [0.25, 0.3) is 28.2 Å². The monoisotopic (exact) mass is 650 g/mol. The van der Waals surface area contributed by atoms with Crippen molar-refractivity contribution in [3.8, 4) is 28.2 Å². The van der Waals surface area contributed by atoms with E-state index in [1.165, 1.54) is 18.2 Å². The van der Waals surface area contributed by atoms with Crippen LogP contribution in [0, 0.1) is 11.0 Å². The Morgan fingerprint density at radius 3 is 2.43 bits per heavy atom. The first kappa shape index (κ1) is 30.7. The highest BCUT2D eigenvalue weighted by Crippen LogP contribution is 2.35. The lowest BCUT2D eigenvalue weighted by Crippen LogP contribution is -2.36. The zero-order valence-electron chi connectivity index (χ0n) is 21.5. The molecule has 0 bridgehead atoms. The Morgan fingerprint density at radius 1 is 1.00 bits per heavy atom. The van der Waals surface area contributed by atoms with Gasteiger partial charge in [0.15, 0.2) is 17.7 Å². The predicted molar refractivity (Wildman–Crippen MR) is 131 cm³/mol. The number of hydrogen-bond acceptors (Lipinski definition) is 8. The molecule has 0 radical (unpaired) electrons. The molecule has 0 aliphatic carbocycles. The third kappa shape index (κ3) is 6.16. The molecule has 232 valence electrons. The Morgan fingerprint density at radius 2 is 1.77 bits per heavy atom. The molecule has 4 heterocycles. The van der Waals surface area contributed by atoms with Crippen LogP contribution in [0.5, 0.6) is 0 Å². The van der Waals surface area contributed by atoms with Crippen molar-refractivity contribution in [2.45, 2.75) is 31.8 Å². The summed E-state index contributed by atoms with van der Waals surface area (Å²) >= 11 is 5.92. The maximum Gasteiger partial charge on any atom is 0.436 e. The number of alkyl halides is 7. The Bertz CT molecular complexity index is 1770. The summed E-state index contributed by atoms with van der Waals surface area (Å²) in [5.41, 5.74) is -2.69. The molecule has 0 fully saturated rings. The van der Waals surface area contributed by atoms with Gasteiger partial charge in [0.25, 0.3) is 0 Å². The van der Waals surface area contributed by atoms with Gasteiger partial charge in [-0.25, -0.2) is 13.8 Å². The Balaban J connectivity index is 1.55. The van der Waals surface area contributed by atoms with Crippen molar-refractivity contribution in [1.82, 2.24) is 45.0 Å². The standard InChI is InChI=1S/C23H15ClF8N10O2/c24-12-2-4-16(40-10-18(35-38-40)23(30,31)32)19(20(12)25)11-1-3-15(41(43)8-11)14(5-6-44-22(28)29)39-9-13(34-37-39)17-7-33-36-42(17)21(26)27/h1-4,7-10,14,21-22H,5-6H2. The SMILES string of the molecule is [O-][n+]1cc(-c2c(-n3cc(C(F)(F)F)nn3)ccc(Cl)c2F)ccc1C(CCOC(F)F)n1cc(-c2cnnn2C(F)F)nn1. The molecule has 1 unspecified atom stereocenters. The second-order valence-electron chi connectivity index (χ2n) is 8.83. The molecule has 21 heteroatoms. The number of halogens is 9. The summed E-state index contributed by atoms with van der Waals surface area (Å²) < 4.78 is 113. The van der Waals surface area contributed by atoms with Crippen molar-refractivity contribution in [3.63, 3.8) is 0 Å². The van der Waals surface area contributed by atoms with Crippen molar-refractivity contribution in [1.29, 1.82) is 0 Å².